The van der Waals surface area contributed by atoms with E-state index in [9.17, 15) is 13.0 Å². The fourth-order valence-electron chi connectivity index (χ4n) is 1.37. The molecule has 0 aromatic carbocycles. The van der Waals surface area contributed by atoms with E-state index < -0.39 is 10.4 Å². The first-order valence-corrected chi connectivity index (χ1v) is 7.77. The number of hydrogen-bond acceptors (Lipinski definition) is 4. The summed E-state index contributed by atoms with van der Waals surface area (Å²) in [5.74, 6) is 0. The molecule has 0 saturated carbocycles. The van der Waals surface area contributed by atoms with Crippen molar-refractivity contribution in [2.75, 3.05) is 34.8 Å². The zero-order valence-corrected chi connectivity index (χ0v) is 13.3. The molecule has 0 heterocycles. The van der Waals surface area contributed by atoms with Gasteiger partial charge in [0.05, 0.1) is 34.8 Å². The molecular formula is C12H29NO4S. The summed E-state index contributed by atoms with van der Waals surface area (Å²) in [6.45, 7) is 3.60. The van der Waals surface area contributed by atoms with E-state index in [1.54, 1.807) is 0 Å². The summed E-state index contributed by atoms with van der Waals surface area (Å²) < 4.78 is 32.1. The highest BCUT2D eigenvalue weighted by Gasteiger charge is 2.04. The van der Waals surface area contributed by atoms with Crippen LogP contribution in [0.4, 0.5) is 0 Å². The standard InChI is InChI=1S/C11H26N.CH4O4S/c1-5-6-7-8-9-10-11-12(2,3)4;1-5-6(2,3)4/h5-11H2,1-4H3;1H3,(H,2,3,4)/q+1;/p-1. The van der Waals surface area contributed by atoms with Crippen LogP contribution in [0.15, 0.2) is 0 Å². The Morgan fingerprint density at radius 3 is 1.72 bits per heavy atom. The molecule has 5 nitrogen and oxygen atoms in total. The molecule has 0 spiro atoms. The van der Waals surface area contributed by atoms with Gasteiger partial charge in [-0.1, -0.05) is 32.6 Å². The summed E-state index contributed by atoms with van der Waals surface area (Å²) in [6.07, 6.45) is 8.48. The number of unbranched alkanes of at least 4 members (excludes halogenated alkanes) is 5. The first-order valence-electron chi connectivity index (χ1n) is 6.44. The second-order valence-corrected chi connectivity index (χ2v) is 6.51. The van der Waals surface area contributed by atoms with Crippen molar-refractivity contribution in [1.82, 2.24) is 0 Å². The molecular weight excluding hydrogens is 254 g/mol. The van der Waals surface area contributed by atoms with Crippen LogP contribution in [-0.4, -0.2) is 52.3 Å². The lowest BCUT2D eigenvalue weighted by molar-refractivity contribution is -0.870. The minimum absolute atomic E-state index is 0.808. The molecule has 0 unspecified atom stereocenters. The monoisotopic (exact) mass is 283 g/mol. The minimum atomic E-state index is -4.41. The van der Waals surface area contributed by atoms with Gasteiger partial charge in [-0.2, -0.15) is 0 Å². The molecule has 0 atom stereocenters. The number of rotatable bonds is 8. The van der Waals surface area contributed by atoms with E-state index in [0.29, 0.717) is 0 Å². The highest BCUT2D eigenvalue weighted by molar-refractivity contribution is 7.80. The summed E-state index contributed by atoms with van der Waals surface area (Å²) in [7, 11) is 3.21. The van der Waals surface area contributed by atoms with E-state index >= 15 is 0 Å². The van der Waals surface area contributed by atoms with Gasteiger partial charge in [0, 0.05) is 0 Å². The van der Waals surface area contributed by atoms with E-state index in [2.05, 4.69) is 32.2 Å². The van der Waals surface area contributed by atoms with Crippen LogP contribution in [0.25, 0.3) is 0 Å². The minimum Gasteiger partial charge on any atom is -0.726 e. The lowest BCUT2D eigenvalue weighted by Crippen LogP contribution is -2.35. The lowest BCUT2D eigenvalue weighted by atomic mass is 10.1. The smallest absolute Gasteiger partial charge is 0.217 e. The molecule has 18 heavy (non-hydrogen) atoms. The molecule has 0 aromatic heterocycles. The lowest BCUT2D eigenvalue weighted by Gasteiger charge is -2.23. The predicted octanol–water partition coefficient (Wildman–Crippen LogP) is 2.15. The Hall–Kier alpha value is -0.170. The Labute approximate surface area is 113 Å². The number of quaternary nitrogens is 1. The average molecular weight is 283 g/mol. The van der Waals surface area contributed by atoms with Crippen molar-refractivity contribution < 1.29 is 21.6 Å². The Bertz CT molecular complexity index is 270. The van der Waals surface area contributed by atoms with Gasteiger partial charge in [0.1, 0.15) is 0 Å². The normalized spacial score (nSPS) is 11.9. The quantitative estimate of drug-likeness (QED) is 0.296. The first kappa shape index (κ1) is 20.2. The van der Waals surface area contributed by atoms with E-state index in [0.717, 1.165) is 11.6 Å². The fraction of sp³-hybridized carbons (Fsp3) is 1.00. The fourth-order valence-corrected chi connectivity index (χ4v) is 1.37. The van der Waals surface area contributed by atoms with E-state index in [1.807, 2.05) is 0 Å². The highest BCUT2D eigenvalue weighted by Crippen LogP contribution is 2.06. The van der Waals surface area contributed by atoms with Crippen molar-refractivity contribution in [3.05, 3.63) is 0 Å². The second-order valence-electron chi connectivity index (χ2n) is 5.36. The molecule has 0 aromatic rings. The highest BCUT2D eigenvalue weighted by atomic mass is 32.3. The van der Waals surface area contributed by atoms with Crippen molar-refractivity contribution in [2.24, 2.45) is 0 Å². The van der Waals surface area contributed by atoms with Crippen LogP contribution in [0.1, 0.15) is 45.4 Å². The molecule has 0 aliphatic carbocycles. The summed E-state index contributed by atoms with van der Waals surface area (Å²) >= 11 is 0. The third-order valence-electron chi connectivity index (χ3n) is 2.39. The van der Waals surface area contributed by atoms with Crippen LogP contribution in [0, 0.1) is 0 Å². The molecule has 112 valence electrons. The van der Waals surface area contributed by atoms with Crippen molar-refractivity contribution >= 4 is 10.4 Å². The molecule has 0 saturated heterocycles. The molecule has 0 aliphatic heterocycles. The molecule has 0 fully saturated rings. The summed E-state index contributed by atoms with van der Waals surface area (Å²) in [4.78, 5) is 0. The van der Waals surface area contributed by atoms with E-state index in [4.69, 9.17) is 0 Å². The van der Waals surface area contributed by atoms with Crippen LogP contribution in [0.5, 0.6) is 0 Å². The third kappa shape index (κ3) is 24.9. The Morgan fingerprint density at radius 2 is 1.39 bits per heavy atom. The Morgan fingerprint density at radius 1 is 1.00 bits per heavy atom. The van der Waals surface area contributed by atoms with Crippen molar-refractivity contribution in [3.63, 3.8) is 0 Å². The van der Waals surface area contributed by atoms with Gasteiger partial charge >= 0.3 is 0 Å². The van der Waals surface area contributed by atoms with E-state index in [1.165, 1.54) is 45.1 Å². The zero-order valence-electron chi connectivity index (χ0n) is 12.4. The van der Waals surface area contributed by atoms with Crippen LogP contribution in [0.2, 0.25) is 0 Å². The molecule has 0 radical (unpaired) electrons. The van der Waals surface area contributed by atoms with Crippen LogP contribution in [0.3, 0.4) is 0 Å². The zero-order chi connectivity index (χ0) is 14.7. The maximum Gasteiger partial charge on any atom is 0.217 e. The van der Waals surface area contributed by atoms with E-state index in [-0.39, 0.29) is 0 Å². The molecule has 0 aliphatic rings. The van der Waals surface area contributed by atoms with Crippen molar-refractivity contribution in [2.45, 2.75) is 45.4 Å². The second kappa shape index (κ2) is 10.7. The molecule has 0 N–H and O–H groups in total. The molecule has 0 amide bonds. The largest absolute Gasteiger partial charge is 0.726 e. The maximum atomic E-state index is 9.22. The first-order chi connectivity index (χ1) is 8.12. The summed E-state index contributed by atoms with van der Waals surface area (Å²) in [5, 5.41) is 0. The maximum absolute atomic E-state index is 9.22. The summed E-state index contributed by atoms with van der Waals surface area (Å²) in [5.41, 5.74) is 0. The number of nitrogens with zero attached hydrogens (tertiary/aromatic N) is 1. The topological polar surface area (TPSA) is 66.4 Å². The SMILES string of the molecule is CCCCCCCC[N+](C)(C)C.COS(=O)(=O)[O-]. The van der Waals surface area contributed by atoms with Crippen molar-refractivity contribution in [3.8, 4) is 0 Å². The van der Waals surface area contributed by atoms with Crippen LogP contribution in [-0.2, 0) is 14.6 Å². The van der Waals surface area contributed by atoms with Gasteiger partial charge in [-0.3, -0.25) is 4.18 Å². The predicted molar refractivity (Wildman–Crippen MR) is 73.0 cm³/mol. The third-order valence-corrected chi connectivity index (χ3v) is 2.79. The van der Waals surface area contributed by atoms with Gasteiger partial charge in [0.25, 0.3) is 0 Å². The molecule has 0 rings (SSSR count). The molecule has 0 bridgehead atoms. The van der Waals surface area contributed by atoms with Gasteiger partial charge in [0.15, 0.2) is 0 Å². The van der Waals surface area contributed by atoms with Crippen LogP contribution >= 0.6 is 0 Å². The average Bonchev–Trinajstić information content (AvgIpc) is 2.22. The number of hydrogen-bond donors (Lipinski definition) is 0. The van der Waals surface area contributed by atoms with Gasteiger partial charge in [-0.05, 0) is 12.8 Å². The Balaban J connectivity index is 0. The van der Waals surface area contributed by atoms with Gasteiger partial charge < -0.3 is 9.04 Å². The molecule has 6 heteroatoms. The Kier molecular flexibility index (Phi) is 12.0. The van der Waals surface area contributed by atoms with Gasteiger partial charge in [-0.15, -0.1) is 0 Å². The summed E-state index contributed by atoms with van der Waals surface area (Å²) in [6, 6.07) is 0. The van der Waals surface area contributed by atoms with Crippen LogP contribution < -0.4 is 0 Å². The van der Waals surface area contributed by atoms with Gasteiger partial charge in [-0.25, -0.2) is 8.42 Å². The van der Waals surface area contributed by atoms with Gasteiger partial charge in [0.2, 0.25) is 10.4 Å². The van der Waals surface area contributed by atoms with Crippen molar-refractivity contribution in [1.29, 1.82) is 0 Å².